The Bertz CT molecular complexity index is 823. The van der Waals surface area contributed by atoms with E-state index in [4.69, 9.17) is 10.2 Å². The van der Waals surface area contributed by atoms with Crippen molar-refractivity contribution >= 4 is 24.3 Å². The van der Waals surface area contributed by atoms with Crippen LogP contribution in [0.25, 0.3) is 0 Å². The molecule has 0 atom stereocenters. The summed E-state index contributed by atoms with van der Waals surface area (Å²) in [5.74, 6) is -1.76. The maximum Gasteiger partial charge on any atom is 0.335 e. The number of carbonyl (C=O) groups is 2. The quantitative estimate of drug-likeness (QED) is 0.405. The molecule has 0 radical (unpaired) electrons. The Morgan fingerprint density at radius 3 is 1.23 bits per heavy atom. The topological polar surface area (TPSA) is 74.6 Å². The summed E-state index contributed by atoms with van der Waals surface area (Å²) >= 11 is 0. The second kappa shape index (κ2) is 14.0. The molecular weight excluding hydrogens is 436 g/mol. The molecule has 1 aliphatic rings. The molecule has 2 aromatic carbocycles. The van der Waals surface area contributed by atoms with E-state index in [0.717, 1.165) is 0 Å². The van der Waals surface area contributed by atoms with Crippen molar-refractivity contribution in [1.29, 1.82) is 0 Å². The molecule has 0 spiro atoms. The molecule has 0 saturated heterocycles. The summed E-state index contributed by atoms with van der Waals surface area (Å²) in [5, 5.41) is 16.8. The van der Waals surface area contributed by atoms with Gasteiger partial charge in [0.05, 0.1) is 11.1 Å². The van der Waals surface area contributed by atoms with Crippen molar-refractivity contribution in [3.05, 3.63) is 94.6 Å². The van der Waals surface area contributed by atoms with Crippen LogP contribution in [0.2, 0.25) is 0 Å². The molecule has 2 N–H and O–H groups in total. The van der Waals surface area contributed by atoms with Crippen molar-refractivity contribution in [3.63, 3.8) is 0 Å². The molecule has 0 fully saturated rings. The fraction of sp³-hybridized carbons (Fsp3) is 0.250. The Morgan fingerprint density at radius 1 is 0.767 bits per heavy atom. The van der Waals surface area contributed by atoms with Crippen LogP contribution in [0.15, 0.2) is 77.4 Å². The number of hydrogen-bond donors (Lipinski definition) is 2. The van der Waals surface area contributed by atoms with Gasteiger partial charge in [0.1, 0.15) is 0 Å². The van der Waals surface area contributed by atoms with Gasteiger partial charge in [-0.15, -0.1) is 19.3 Å². The fourth-order valence-corrected chi connectivity index (χ4v) is 2.57. The predicted octanol–water partition coefficient (Wildman–Crippen LogP) is 6.30. The minimum absolute atomic E-state index is 0. The van der Waals surface area contributed by atoms with E-state index < -0.39 is 11.9 Å². The van der Waals surface area contributed by atoms with Crippen LogP contribution in [0, 0.1) is 11.5 Å². The van der Waals surface area contributed by atoms with Crippen molar-refractivity contribution in [1.82, 2.24) is 0 Å². The van der Waals surface area contributed by atoms with Gasteiger partial charge in [0, 0.05) is 21.7 Å². The number of hydrogen-bond acceptors (Lipinski definition) is 2. The molecule has 160 valence electrons. The molecule has 3 rings (SSSR count). The first-order chi connectivity index (χ1) is 13.1. The van der Waals surface area contributed by atoms with E-state index in [9.17, 15) is 9.59 Å². The van der Waals surface area contributed by atoms with Gasteiger partial charge >= 0.3 is 11.9 Å². The number of halogens is 1. The molecule has 0 aliphatic heterocycles. The second-order valence-electron chi connectivity index (χ2n) is 6.97. The van der Waals surface area contributed by atoms with E-state index in [1.54, 1.807) is 60.7 Å². The Balaban J connectivity index is 0. The number of carboxylic acids is 2. The smallest absolute Gasteiger partial charge is 0.335 e. The number of allylic oxidation sites excluding steroid dienone is 4. The molecule has 0 bridgehead atoms. The maximum absolute atomic E-state index is 10.2. The predicted molar refractivity (Wildman–Crippen MR) is 119 cm³/mol. The van der Waals surface area contributed by atoms with Gasteiger partial charge in [-0.05, 0) is 24.3 Å². The molecule has 6 heteroatoms. The first kappa shape index (κ1) is 30.1. The molecule has 30 heavy (non-hydrogen) atoms. The summed E-state index contributed by atoms with van der Waals surface area (Å²) in [6, 6.07) is 16.6. The minimum atomic E-state index is -0.879. The Labute approximate surface area is 200 Å². The fourth-order valence-electron chi connectivity index (χ4n) is 2.57. The van der Waals surface area contributed by atoms with E-state index >= 15 is 0 Å². The number of carboxylic acid groups (broad SMARTS) is 2. The molecule has 2 aromatic rings. The van der Waals surface area contributed by atoms with Crippen LogP contribution in [0.5, 0.6) is 0 Å². The van der Waals surface area contributed by atoms with Crippen molar-refractivity contribution in [2.24, 2.45) is 5.41 Å². The summed E-state index contributed by atoms with van der Waals surface area (Å²) in [4.78, 5) is 20.4. The van der Waals surface area contributed by atoms with Crippen LogP contribution >= 0.6 is 12.4 Å². The van der Waals surface area contributed by atoms with E-state index in [0.29, 0.717) is 11.1 Å². The summed E-state index contributed by atoms with van der Waals surface area (Å²) in [5.41, 5.74) is 5.06. The van der Waals surface area contributed by atoms with Crippen LogP contribution in [0.3, 0.4) is 0 Å². The summed E-state index contributed by atoms with van der Waals surface area (Å²) in [6.07, 6.45) is 3.44. The van der Waals surface area contributed by atoms with Crippen molar-refractivity contribution in [2.75, 3.05) is 0 Å². The molecule has 0 amide bonds. The average molecular weight is 464 g/mol. The molecular formula is C24H28ClO4Ti-. The van der Waals surface area contributed by atoms with Gasteiger partial charge in [-0.25, -0.2) is 15.2 Å². The zero-order valence-electron chi connectivity index (χ0n) is 17.9. The first-order valence-corrected chi connectivity index (χ1v) is 8.93. The van der Waals surface area contributed by atoms with Gasteiger partial charge in [0.15, 0.2) is 0 Å². The van der Waals surface area contributed by atoms with Crippen LogP contribution in [-0.2, 0) is 21.7 Å². The standard InChI is InChI=1S/C10H15.2C7H6O2.ClH.Ti/c1-7-6-10(4,5)9(3)8(7)2;2*8-7(9)6-4-2-1-3-5-6;;/h1-5H3;2*1-5H,(H,8,9);1H;/q-1;;;;. The van der Waals surface area contributed by atoms with Crippen LogP contribution in [-0.4, -0.2) is 22.2 Å². The average Bonchev–Trinajstić information content (AvgIpc) is 2.85. The molecule has 1 aliphatic carbocycles. The Kier molecular flexibility index (Phi) is 14.0. The van der Waals surface area contributed by atoms with Crippen molar-refractivity contribution < 1.29 is 41.5 Å². The normalized spacial score (nSPS) is 13.2. The Morgan fingerprint density at radius 2 is 1.10 bits per heavy atom. The van der Waals surface area contributed by atoms with Gasteiger partial charge in [-0.3, -0.25) is 6.08 Å². The second-order valence-corrected chi connectivity index (χ2v) is 6.97. The van der Waals surface area contributed by atoms with E-state index in [2.05, 4.69) is 40.7 Å². The third-order valence-electron chi connectivity index (χ3n) is 4.60. The van der Waals surface area contributed by atoms with Gasteiger partial charge in [-0.2, -0.15) is 11.1 Å². The zero-order valence-corrected chi connectivity index (χ0v) is 20.3. The van der Waals surface area contributed by atoms with E-state index in [1.807, 2.05) is 0 Å². The van der Waals surface area contributed by atoms with Crippen LogP contribution in [0.1, 0.15) is 55.3 Å². The third-order valence-corrected chi connectivity index (χ3v) is 4.60. The van der Waals surface area contributed by atoms with Crippen LogP contribution in [0.4, 0.5) is 0 Å². The van der Waals surface area contributed by atoms with Crippen molar-refractivity contribution in [3.8, 4) is 0 Å². The zero-order chi connectivity index (χ0) is 21.3. The maximum atomic E-state index is 10.2. The van der Waals surface area contributed by atoms with Crippen molar-refractivity contribution in [2.45, 2.75) is 34.6 Å². The van der Waals surface area contributed by atoms with E-state index in [-0.39, 0.29) is 39.5 Å². The number of benzene rings is 2. The number of rotatable bonds is 2. The largest absolute Gasteiger partial charge is 0.478 e. The van der Waals surface area contributed by atoms with E-state index in [1.165, 1.54) is 16.7 Å². The van der Waals surface area contributed by atoms with Gasteiger partial charge in [-0.1, -0.05) is 69.5 Å². The summed E-state index contributed by atoms with van der Waals surface area (Å²) in [7, 11) is 0. The Hall–Kier alpha value is -2.14. The molecule has 0 unspecified atom stereocenters. The first-order valence-electron chi connectivity index (χ1n) is 8.93. The molecule has 4 nitrogen and oxygen atoms in total. The third kappa shape index (κ3) is 9.58. The monoisotopic (exact) mass is 463 g/mol. The van der Waals surface area contributed by atoms with Gasteiger partial charge < -0.3 is 10.2 Å². The van der Waals surface area contributed by atoms with Gasteiger partial charge in [0.2, 0.25) is 0 Å². The molecule has 0 heterocycles. The summed E-state index contributed by atoms with van der Waals surface area (Å²) < 4.78 is 0. The SMILES string of the molecule is CC1=[C-]C(C)(C)C(C)=C1C.Cl.O=C(O)c1ccccc1.O=C(O)c1ccccc1.[Ti]. The minimum Gasteiger partial charge on any atom is -0.478 e. The van der Waals surface area contributed by atoms with Crippen LogP contribution < -0.4 is 0 Å². The number of aromatic carboxylic acids is 2. The molecule has 0 saturated carbocycles. The summed E-state index contributed by atoms with van der Waals surface area (Å²) in [6.45, 7) is 10.9. The molecule has 0 aromatic heterocycles. The van der Waals surface area contributed by atoms with Gasteiger partial charge in [0.25, 0.3) is 0 Å².